The monoisotopic (exact) mass is 338 g/mol. The van der Waals surface area contributed by atoms with Gasteiger partial charge in [0, 0.05) is 36.8 Å². The zero-order valence-electron chi connectivity index (χ0n) is 14.4. The number of nitrogens with zero attached hydrogens (tertiary/aromatic N) is 3. The van der Waals surface area contributed by atoms with Gasteiger partial charge < -0.3 is 10.2 Å². The molecular formula is C19H22N4S. The summed E-state index contributed by atoms with van der Waals surface area (Å²) in [5.74, 6) is 1.88. The van der Waals surface area contributed by atoms with Gasteiger partial charge in [-0.15, -0.1) is 11.3 Å². The molecule has 0 bridgehead atoms. The third-order valence-electron chi connectivity index (χ3n) is 4.57. The van der Waals surface area contributed by atoms with Crippen molar-refractivity contribution in [2.45, 2.75) is 32.6 Å². The van der Waals surface area contributed by atoms with Gasteiger partial charge in [-0.2, -0.15) is 0 Å². The first kappa shape index (κ1) is 15.4. The summed E-state index contributed by atoms with van der Waals surface area (Å²) in [6.45, 7) is 2.11. The van der Waals surface area contributed by atoms with E-state index in [0.717, 1.165) is 35.0 Å². The molecule has 0 radical (unpaired) electrons. The number of thiophene rings is 1. The summed E-state index contributed by atoms with van der Waals surface area (Å²) in [5, 5.41) is 4.78. The van der Waals surface area contributed by atoms with Crippen LogP contribution < -0.4 is 10.2 Å². The molecule has 3 aromatic rings. The molecule has 2 heterocycles. The lowest BCUT2D eigenvalue weighted by Gasteiger charge is -2.14. The lowest BCUT2D eigenvalue weighted by molar-refractivity contribution is 0.915. The molecule has 4 rings (SSSR count). The molecule has 24 heavy (non-hydrogen) atoms. The smallest absolute Gasteiger partial charge is 0.143 e. The molecule has 2 aromatic heterocycles. The van der Waals surface area contributed by atoms with Crippen LogP contribution in [0.25, 0.3) is 10.2 Å². The fourth-order valence-corrected chi connectivity index (χ4v) is 4.55. The van der Waals surface area contributed by atoms with E-state index in [4.69, 9.17) is 9.97 Å². The standard InChI is InChI=1S/C19H22N4S/c1-4-16-21-18(20-12-8-10-13(11-9-12)23(2)3)17-14-6-5-7-15(14)24-19(17)22-16/h8-11H,4-7H2,1-3H3,(H,20,21,22). The Bertz CT molecular complexity index is 881. The van der Waals surface area contributed by atoms with Crippen molar-refractivity contribution < 1.29 is 0 Å². The number of benzene rings is 1. The Morgan fingerprint density at radius 1 is 1.12 bits per heavy atom. The number of anilines is 3. The van der Waals surface area contributed by atoms with Crippen molar-refractivity contribution in [3.8, 4) is 0 Å². The molecule has 0 saturated heterocycles. The highest BCUT2D eigenvalue weighted by Gasteiger charge is 2.22. The van der Waals surface area contributed by atoms with Crippen LogP contribution in [0, 0.1) is 0 Å². The van der Waals surface area contributed by atoms with Crippen LogP contribution in [0.15, 0.2) is 24.3 Å². The van der Waals surface area contributed by atoms with Crippen LogP contribution in [0.2, 0.25) is 0 Å². The third kappa shape index (κ3) is 2.63. The van der Waals surface area contributed by atoms with Crippen LogP contribution >= 0.6 is 11.3 Å². The predicted molar refractivity (Wildman–Crippen MR) is 103 cm³/mol. The zero-order chi connectivity index (χ0) is 16.7. The Hall–Kier alpha value is -2.14. The highest BCUT2D eigenvalue weighted by atomic mass is 32.1. The number of hydrogen-bond acceptors (Lipinski definition) is 5. The second-order valence-electron chi connectivity index (χ2n) is 6.45. The Labute approximate surface area is 146 Å². The molecule has 0 atom stereocenters. The van der Waals surface area contributed by atoms with Gasteiger partial charge in [0.05, 0.1) is 5.39 Å². The molecule has 4 nitrogen and oxygen atoms in total. The lowest BCUT2D eigenvalue weighted by Crippen LogP contribution is -2.08. The summed E-state index contributed by atoms with van der Waals surface area (Å²) in [6.07, 6.45) is 4.45. The van der Waals surface area contributed by atoms with E-state index in [1.807, 2.05) is 11.3 Å². The fourth-order valence-electron chi connectivity index (χ4n) is 3.27. The van der Waals surface area contributed by atoms with Gasteiger partial charge in [0.1, 0.15) is 16.5 Å². The molecule has 0 amide bonds. The summed E-state index contributed by atoms with van der Waals surface area (Å²) < 4.78 is 0. The maximum Gasteiger partial charge on any atom is 0.143 e. The molecule has 0 aliphatic heterocycles. The number of hydrogen-bond donors (Lipinski definition) is 1. The van der Waals surface area contributed by atoms with Gasteiger partial charge in [-0.05, 0) is 49.1 Å². The molecule has 0 spiro atoms. The molecule has 1 aromatic carbocycles. The number of nitrogens with one attached hydrogen (secondary N) is 1. The van der Waals surface area contributed by atoms with Gasteiger partial charge >= 0.3 is 0 Å². The maximum atomic E-state index is 4.80. The Morgan fingerprint density at radius 3 is 2.62 bits per heavy atom. The number of fused-ring (bicyclic) bond motifs is 3. The minimum atomic E-state index is 0.854. The van der Waals surface area contributed by atoms with Crippen molar-refractivity contribution in [2.24, 2.45) is 0 Å². The van der Waals surface area contributed by atoms with Crippen molar-refractivity contribution in [1.82, 2.24) is 9.97 Å². The first-order chi connectivity index (χ1) is 11.7. The summed E-state index contributed by atoms with van der Waals surface area (Å²) in [5.41, 5.74) is 3.73. The van der Waals surface area contributed by atoms with Gasteiger partial charge in [-0.3, -0.25) is 0 Å². The van der Waals surface area contributed by atoms with E-state index in [-0.39, 0.29) is 0 Å². The Kier molecular flexibility index (Phi) is 3.88. The van der Waals surface area contributed by atoms with E-state index < -0.39 is 0 Å². The Morgan fingerprint density at radius 2 is 1.92 bits per heavy atom. The average Bonchev–Trinajstić information content (AvgIpc) is 3.15. The molecular weight excluding hydrogens is 316 g/mol. The van der Waals surface area contributed by atoms with Gasteiger partial charge in [0.15, 0.2) is 0 Å². The second kappa shape index (κ2) is 6.06. The molecule has 1 aliphatic rings. The minimum absolute atomic E-state index is 0.854. The Balaban J connectivity index is 1.77. The summed E-state index contributed by atoms with van der Waals surface area (Å²) >= 11 is 1.85. The summed E-state index contributed by atoms with van der Waals surface area (Å²) in [6, 6.07) is 8.47. The van der Waals surface area contributed by atoms with Crippen molar-refractivity contribution in [3.05, 3.63) is 40.5 Å². The van der Waals surface area contributed by atoms with E-state index in [2.05, 4.69) is 55.5 Å². The van der Waals surface area contributed by atoms with Gasteiger partial charge in [-0.25, -0.2) is 9.97 Å². The molecule has 1 N–H and O–H groups in total. The highest BCUT2D eigenvalue weighted by Crippen LogP contribution is 2.40. The van der Waals surface area contributed by atoms with E-state index in [9.17, 15) is 0 Å². The van der Waals surface area contributed by atoms with E-state index in [1.54, 1.807) is 0 Å². The summed E-state index contributed by atoms with van der Waals surface area (Å²) in [4.78, 5) is 14.3. The third-order valence-corrected chi connectivity index (χ3v) is 5.76. The second-order valence-corrected chi connectivity index (χ2v) is 7.53. The van der Waals surface area contributed by atoms with Crippen LogP contribution in [-0.2, 0) is 19.3 Å². The normalized spacial score (nSPS) is 13.3. The van der Waals surface area contributed by atoms with Crippen molar-refractivity contribution >= 4 is 38.7 Å². The van der Waals surface area contributed by atoms with Crippen LogP contribution in [0.4, 0.5) is 17.2 Å². The first-order valence-corrected chi connectivity index (χ1v) is 9.33. The van der Waals surface area contributed by atoms with Crippen LogP contribution in [0.3, 0.4) is 0 Å². The summed E-state index contributed by atoms with van der Waals surface area (Å²) in [7, 11) is 4.11. The molecule has 0 unspecified atom stereocenters. The minimum Gasteiger partial charge on any atom is -0.378 e. The average molecular weight is 338 g/mol. The van der Waals surface area contributed by atoms with Gasteiger partial charge in [0.25, 0.3) is 0 Å². The number of aromatic nitrogens is 2. The van der Waals surface area contributed by atoms with Crippen LogP contribution in [0.5, 0.6) is 0 Å². The van der Waals surface area contributed by atoms with E-state index in [0.29, 0.717) is 0 Å². The largest absolute Gasteiger partial charge is 0.378 e. The predicted octanol–water partition coefficient (Wildman–Crippen LogP) is 4.55. The van der Waals surface area contributed by atoms with Gasteiger partial charge in [0.2, 0.25) is 0 Å². The van der Waals surface area contributed by atoms with Crippen molar-refractivity contribution in [1.29, 1.82) is 0 Å². The van der Waals surface area contributed by atoms with Crippen molar-refractivity contribution in [2.75, 3.05) is 24.3 Å². The van der Waals surface area contributed by atoms with Crippen molar-refractivity contribution in [3.63, 3.8) is 0 Å². The molecule has 5 heteroatoms. The maximum absolute atomic E-state index is 4.80. The van der Waals surface area contributed by atoms with Crippen LogP contribution in [0.1, 0.15) is 29.6 Å². The lowest BCUT2D eigenvalue weighted by atomic mass is 10.2. The molecule has 1 aliphatic carbocycles. The quantitative estimate of drug-likeness (QED) is 0.757. The van der Waals surface area contributed by atoms with E-state index >= 15 is 0 Å². The number of aryl methyl sites for hydroxylation is 3. The zero-order valence-corrected chi connectivity index (χ0v) is 15.2. The topological polar surface area (TPSA) is 41.1 Å². The highest BCUT2D eigenvalue weighted by molar-refractivity contribution is 7.19. The SMILES string of the molecule is CCc1nc(Nc2ccc(N(C)C)cc2)c2c3c(sc2n1)CCC3. The molecule has 0 fully saturated rings. The number of rotatable bonds is 4. The molecule has 124 valence electrons. The van der Waals surface area contributed by atoms with E-state index in [1.165, 1.54) is 34.4 Å². The molecule has 0 saturated carbocycles. The first-order valence-electron chi connectivity index (χ1n) is 8.51. The van der Waals surface area contributed by atoms with Crippen LogP contribution in [-0.4, -0.2) is 24.1 Å². The van der Waals surface area contributed by atoms with Gasteiger partial charge in [-0.1, -0.05) is 6.92 Å². The fraction of sp³-hybridized carbons (Fsp3) is 0.368.